The first kappa shape index (κ1) is 14.5. The van der Waals surface area contributed by atoms with Crippen LogP contribution in [0.5, 0.6) is 0 Å². The van der Waals surface area contributed by atoms with Crippen LogP contribution in [0.1, 0.15) is 32.7 Å². The van der Waals surface area contributed by atoms with Gasteiger partial charge in [-0.15, -0.1) is 0 Å². The van der Waals surface area contributed by atoms with Crippen LogP contribution in [0.4, 0.5) is 5.69 Å². The first-order chi connectivity index (χ1) is 9.61. The van der Waals surface area contributed by atoms with E-state index in [0.29, 0.717) is 6.42 Å². The van der Waals surface area contributed by atoms with Gasteiger partial charge in [0.25, 0.3) is 0 Å². The Hall–Kier alpha value is -1.95. The third-order valence-corrected chi connectivity index (χ3v) is 3.04. The maximum Gasteiger partial charge on any atom is 0.224 e. The summed E-state index contributed by atoms with van der Waals surface area (Å²) in [6.45, 7) is 4.96. The lowest BCUT2D eigenvalue weighted by molar-refractivity contribution is -0.116. The molecule has 0 radical (unpaired) electrons. The fourth-order valence-electron chi connectivity index (χ4n) is 2.04. The molecule has 0 aliphatic rings. The minimum Gasteiger partial charge on any atom is -0.325 e. The topological polar surface area (TPSA) is 71.8 Å². The standard InChI is InChI=1S/C14H21N5O/c1-10(2)19-14-11(8-17-19)7-12(9-16-14)18-13(20)5-4-6-15-3/h7-10,15H,4-6H2,1-3H3,(H,18,20). The summed E-state index contributed by atoms with van der Waals surface area (Å²) >= 11 is 0. The Kier molecular flexibility index (Phi) is 4.68. The van der Waals surface area contributed by atoms with Crippen LogP contribution in [0.2, 0.25) is 0 Å². The van der Waals surface area contributed by atoms with Crippen molar-refractivity contribution in [2.45, 2.75) is 32.7 Å². The number of hydrogen-bond donors (Lipinski definition) is 2. The number of hydrogen-bond acceptors (Lipinski definition) is 4. The highest BCUT2D eigenvalue weighted by Gasteiger charge is 2.09. The zero-order valence-electron chi connectivity index (χ0n) is 12.2. The van der Waals surface area contributed by atoms with Crippen LogP contribution in [-0.2, 0) is 4.79 Å². The monoisotopic (exact) mass is 275 g/mol. The molecule has 108 valence electrons. The maximum atomic E-state index is 11.7. The largest absolute Gasteiger partial charge is 0.325 e. The molecule has 0 fully saturated rings. The van der Waals surface area contributed by atoms with Crippen molar-refractivity contribution in [2.75, 3.05) is 18.9 Å². The minimum absolute atomic E-state index is 0.0117. The molecule has 0 unspecified atom stereocenters. The van der Waals surface area contributed by atoms with Crippen LogP contribution < -0.4 is 10.6 Å². The van der Waals surface area contributed by atoms with Gasteiger partial charge < -0.3 is 10.6 Å². The SMILES string of the molecule is CNCCCC(=O)Nc1cnc2c(cnn2C(C)C)c1. The van der Waals surface area contributed by atoms with Crippen LogP contribution in [0.15, 0.2) is 18.5 Å². The van der Waals surface area contributed by atoms with E-state index in [1.807, 2.05) is 17.8 Å². The molecule has 2 aromatic rings. The number of carbonyl (C=O) groups is 1. The number of fused-ring (bicyclic) bond motifs is 1. The summed E-state index contributed by atoms with van der Waals surface area (Å²) in [5.74, 6) is 0.0117. The molecule has 6 nitrogen and oxygen atoms in total. The van der Waals surface area contributed by atoms with E-state index in [-0.39, 0.29) is 11.9 Å². The Morgan fingerprint density at radius 3 is 2.90 bits per heavy atom. The molecule has 0 aliphatic heterocycles. The van der Waals surface area contributed by atoms with Crippen molar-refractivity contribution >= 4 is 22.6 Å². The summed E-state index contributed by atoms with van der Waals surface area (Å²) in [4.78, 5) is 16.1. The highest BCUT2D eigenvalue weighted by atomic mass is 16.1. The van der Waals surface area contributed by atoms with E-state index in [1.54, 1.807) is 12.4 Å². The molecule has 20 heavy (non-hydrogen) atoms. The number of aromatic nitrogens is 3. The molecule has 0 spiro atoms. The zero-order valence-corrected chi connectivity index (χ0v) is 12.2. The Bertz CT molecular complexity index is 590. The minimum atomic E-state index is 0.0117. The van der Waals surface area contributed by atoms with Gasteiger partial charge in [-0.3, -0.25) is 4.79 Å². The summed E-state index contributed by atoms with van der Waals surface area (Å²) < 4.78 is 1.87. The number of rotatable bonds is 6. The molecule has 0 saturated carbocycles. The fraction of sp³-hybridized carbons (Fsp3) is 0.500. The van der Waals surface area contributed by atoms with Crippen molar-refractivity contribution in [3.63, 3.8) is 0 Å². The second kappa shape index (κ2) is 6.47. The van der Waals surface area contributed by atoms with E-state index < -0.39 is 0 Å². The summed E-state index contributed by atoms with van der Waals surface area (Å²) in [6, 6.07) is 2.17. The Balaban J connectivity index is 2.07. The number of carbonyl (C=O) groups excluding carboxylic acids is 1. The molecular weight excluding hydrogens is 254 g/mol. The van der Waals surface area contributed by atoms with Gasteiger partial charge in [0, 0.05) is 17.8 Å². The van der Waals surface area contributed by atoms with Crippen LogP contribution in [0.25, 0.3) is 11.0 Å². The number of nitrogens with one attached hydrogen (secondary N) is 2. The van der Waals surface area contributed by atoms with Gasteiger partial charge in [0.05, 0.1) is 18.1 Å². The van der Waals surface area contributed by atoms with Gasteiger partial charge >= 0.3 is 0 Å². The maximum absolute atomic E-state index is 11.7. The van der Waals surface area contributed by atoms with Gasteiger partial charge in [0.15, 0.2) is 5.65 Å². The molecule has 2 aromatic heterocycles. The predicted molar refractivity (Wildman–Crippen MR) is 79.7 cm³/mol. The lowest BCUT2D eigenvalue weighted by Gasteiger charge is -2.07. The van der Waals surface area contributed by atoms with Crippen LogP contribution in [0, 0.1) is 0 Å². The van der Waals surface area contributed by atoms with E-state index in [0.717, 1.165) is 29.7 Å². The van der Waals surface area contributed by atoms with Crippen LogP contribution in [0.3, 0.4) is 0 Å². The van der Waals surface area contributed by atoms with Crippen LogP contribution >= 0.6 is 0 Å². The quantitative estimate of drug-likeness (QED) is 0.790. The first-order valence-corrected chi connectivity index (χ1v) is 6.89. The van der Waals surface area contributed by atoms with E-state index >= 15 is 0 Å². The van der Waals surface area contributed by atoms with Crippen molar-refractivity contribution < 1.29 is 4.79 Å². The highest BCUT2D eigenvalue weighted by molar-refractivity contribution is 5.92. The molecule has 0 aliphatic carbocycles. The van der Waals surface area contributed by atoms with Gasteiger partial charge in [-0.1, -0.05) is 0 Å². The summed E-state index contributed by atoms with van der Waals surface area (Å²) in [7, 11) is 1.88. The normalized spacial score (nSPS) is 11.2. The smallest absolute Gasteiger partial charge is 0.224 e. The average Bonchev–Trinajstić information content (AvgIpc) is 2.82. The number of pyridine rings is 1. The Morgan fingerprint density at radius 1 is 1.40 bits per heavy atom. The van der Waals surface area contributed by atoms with Gasteiger partial charge in [0.2, 0.25) is 5.91 Å². The number of nitrogens with zero attached hydrogens (tertiary/aromatic N) is 3. The summed E-state index contributed by atoms with van der Waals surface area (Å²) in [5.41, 5.74) is 1.56. The Labute approximate surface area is 118 Å². The molecule has 6 heteroatoms. The van der Waals surface area contributed by atoms with Gasteiger partial charge in [-0.25, -0.2) is 9.67 Å². The van der Waals surface area contributed by atoms with Crippen molar-refractivity contribution in [3.8, 4) is 0 Å². The van der Waals surface area contributed by atoms with E-state index in [2.05, 4.69) is 34.6 Å². The summed E-state index contributed by atoms with van der Waals surface area (Å²) in [5, 5.41) is 11.1. The van der Waals surface area contributed by atoms with Crippen molar-refractivity contribution in [3.05, 3.63) is 18.5 Å². The Morgan fingerprint density at radius 2 is 2.20 bits per heavy atom. The number of anilines is 1. The summed E-state index contributed by atoms with van der Waals surface area (Å²) in [6.07, 6.45) is 4.78. The highest BCUT2D eigenvalue weighted by Crippen LogP contribution is 2.19. The third kappa shape index (κ3) is 3.33. The van der Waals surface area contributed by atoms with Gasteiger partial charge in [0.1, 0.15) is 0 Å². The first-order valence-electron chi connectivity index (χ1n) is 6.89. The molecule has 0 atom stereocenters. The molecule has 0 bridgehead atoms. The van der Waals surface area contributed by atoms with Crippen molar-refractivity contribution in [1.29, 1.82) is 0 Å². The van der Waals surface area contributed by atoms with Gasteiger partial charge in [-0.05, 0) is 39.9 Å². The lowest BCUT2D eigenvalue weighted by Crippen LogP contribution is -2.15. The van der Waals surface area contributed by atoms with Crippen molar-refractivity contribution in [1.82, 2.24) is 20.1 Å². The average molecular weight is 275 g/mol. The molecule has 2 N–H and O–H groups in total. The molecule has 1 amide bonds. The molecule has 2 rings (SSSR count). The third-order valence-electron chi connectivity index (χ3n) is 3.04. The van der Waals surface area contributed by atoms with Crippen LogP contribution in [-0.4, -0.2) is 34.3 Å². The second-order valence-electron chi connectivity index (χ2n) is 5.07. The fourth-order valence-corrected chi connectivity index (χ4v) is 2.04. The van der Waals surface area contributed by atoms with E-state index in [4.69, 9.17) is 0 Å². The van der Waals surface area contributed by atoms with Crippen molar-refractivity contribution in [2.24, 2.45) is 0 Å². The zero-order chi connectivity index (χ0) is 14.5. The van der Waals surface area contributed by atoms with E-state index in [1.165, 1.54) is 0 Å². The predicted octanol–water partition coefficient (Wildman–Crippen LogP) is 1.95. The van der Waals surface area contributed by atoms with E-state index in [9.17, 15) is 4.79 Å². The second-order valence-corrected chi connectivity index (χ2v) is 5.07. The molecule has 0 saturated heterocycles. The number of amides is 1. The van der Waals surface area contributed by atoms with Gasteiger partial charge in [-0.2, -0.15) is 5.10 Å². The lowest BCUT2D eigenvalue weighted by atomic mass is 10.2. The molecule has 0 aromatic carbocycles. The molecule has 2 heterocycles. The molecular formula is C14H21N5O.